The Morgan fingerprint density at radius 2 is 1.89 bits per heavy atom. The second-order valence-corrected chi connectivity index (χ2v) is 13.8. The molecule has 2 aliphatic rings. The highest BCUT2D eigenvalue weighted by molar-refractivity contribution is 7.70. The van der Waals surface area contributed by atoms with E-state index in [1.54, 1.807) is 18.2 Å². The highest BCUT2D eigenvalue weighted by Crippen LogP contribution is 2.47. The van der Waals surface area contributed by atoms with E-state index in [1.807, 2.05) is 36.4 Å². The van der Waals surface area contributed by atoms with Crippen LogP contribution in [0.5, 0.6) is 0 Å². The first-order valence-corrected chi connectivity index (χ1v) is 15.6. The zero-order chi connectivity index (χ0) is 27.0. The number of halogens is 2. The number of nitrogens with one attached hydrogen (secondary N) is 2. The number of hydrogen-bond donors (Lipinski definition) is 2. The molecule has 2 heterocycles. The average Bonchev–Trinajstić information content (AvgIpc) is 3.72. The van der Waals surface area contributed by atoms with Gasteiger partial charge in [0.25, 0.3) is 0 Å². The first-order chi connectivity index (χ1) is 18.1. The van der Waals surface area contributed by atoms with Crippen molar-refractivity contribution < 1.29 is 18.5 Å². The predicted octanol–water partition coefficient (Wildman–Crippen LogP) is 5.98. The molecule has 2 aromatic carbocycles. The van der Waals surface area contributed by atoms with Gasteiger partial charge in [-0.15, -0.1) is 0 Å². The van der Waals surface area contributed by atoms with E-state index in [0.717, 1.165) is 46.6 Å². The Morgan fingerprint density at radius 3 is 2.61 bits per heavy atom. The Kier molecular flexibility index (Phi) is 7.30. The molecule has 1 saturated carbocycles. The number of urea groups is 1. The molecule has 2 fully saturated rings. The van der Waals surface area contributed by atoms with Gasteiger partial charge < -0.3 is 14.8 Å². The molecule has 1 aliphatic carbocycles. The van der Waals surface area contributed by atoms with Crippen LogP contribution in [0.3, 0.4) is 0 Å². The Hall–Kier alpha value is -3.22. The molecule has 1 aromatic heterocycles. The second-order valence-electron chi connectivity index (χ2n) is 10.2. The Labute approximate surface area is 226 Å². The van der Waals surface area contributed by atoms with Crippen LogP contribution in [-0.2, 0) is 9.36 Å². The van der Waals surface area contributed by atoms with Crippen LogP contribution in [0.25, 0.3) is 11.1 Å². The molecule has 0 unspecified atom stereocenters. The van der Waals surface area contributed by atoms with Crippen LogP contribution in [0.2, 0.25) is 5.02 Å². The van der Waals surface area contributed by atoms with E-state index in [2.05, 4.69) is 21.7 Å². The highest BCUT2D eigenvalue weighted by Gasteiger charge is 2.35. The van der Waals surface area contributed by atoms with Gasteiger partial charge >= 0.3 is 6.03 Å². The summed E-state index contributed by atoms with van der Waals surface area (Å²) in [6.45, 7) is 4.09. The minimum atomic E-state index is -2.49. The van der Waals surface area contributed by atoms with Crippen molar-refractivity contribution in [2.24, 2.45) is 0 Å². The smallest absolute Gasteiger partial charge is 0.321 e. The topological polar surface area (TPSA) is 91.4 Å². The third-order valence-corrected chi connectivity index (χ3v) is 8.67. The molecule has 198 valence electrons. The maximum absolute atomic E-state index is 14.0. The molecule has 0 spiro atoms. The number of anilines is 2. The van der Waals surface area contributed by atoms with E-state index >= 15 is 0 Å². The number of nitrogens with zero attached hydrogens (tertiary/aromatic N) is 2. The molecule has 3 amide bonds. The number of pyridine rings is 1. The number of piperidine rings is 1. The summed E-state index contributed by atoms with van der Waals surface area (Å²) in [5, 5.41) is 5.98. The molecule has 1 atom stereocenters. The zero-order valence-corrected chi connectivity index (χ0v) is 22.9. The molecule has 1 saturated heterocycles. The van der Waals surface area contributed by atoms with Gasteiger partial charge in [-0.2, -0.15) is 0 Å². The standard InChI is InChI=1S/C28H29ClFN4O3P/c1-38(2,37)25-8-4-3-6-20(25)18-11-12-24(21(14-18)17-9-10-17)34-13-5-7-23(27(34)35)32-28(36)33-26-22(30)15-19(29)16-31-26/h3-4,6,8,11-12,14-17,23H,5,7,9-10,13H2,1-2H3,(H2,31,32,33,36)/t23-/m1/s1. The summed E-state index contributed by atoms with van der Waals surface area (Å²) in [7, 11) is -2.49. The Bertz CT molecular complexity index is 1460. The summed E-state index contributed by atoms with van der Waals surface area (Å²) in [6, 6.07) is 13.4. The summed E-state index contributed by atoms with van der Waals surface area (Å²) in [5.41, 5.74) is 3.85. The van der Waals surface area contributed by atoms with Crippen molar-refractivity contribution >= 4 is 47.5 Å². The van der Waals surface area contributed by atoms with Crippen molar-refractivity contribution in [1.82, 2.24) is 10.3 Å². The molecule has 10 heteroatoms. The van der Waals surface area contributed by atoms with Gasteiger partial charge in [-0.3, -0.25) is 10.1 Å². The summed E-state index contributed by atoms with van der Waals surface area (Å²) >= 11 is 5.72. The van der Waals surface area contributed by atoms with Gasteiger partial charge in [-0.05, 0) is 79.8 Å². The maximum Gasteiger partial charge on any atom is 0.321 e. The van der Waals surface area contributed by atoms with Gasteiger partial charge in [-0.1, -0.05) is 41.9 Å². The van der Waals surface area contributed by atoms with E-state index in [-0.39, 0.29) is 16.7 Å². The van der Waals surface area contributed by atoms with Crippen molar-refractivity contribution in [3.05, 3.63) is 71.1 Å². The molecule has 7 nitrogen and oxygen atoms in total. The lowest BCUT2D eigenvalue weighted by molar-refractivity contribution is -0.121. The Morgan fingerprint density at radius 1 is 1.13 bits per heavy atom. The number of rotatable bonds is 6. The maximum atomic E-state index is 14.0. The zero-order valence-electron chi connectivity index (χ0n) is 21.2. The van der Waals surface area contributed by atoms with Crippen LogP contribution in [0.15, 0.2) is 54.7 Å². The molecule has 38 heavy (non-hydrogen) atoms. The number of carbonyl (C=O) groups is 2. The van der Waals surface area contributed by atoms with Crippen molar-refractivity contribution in [3.63, 3.8) is 0 Å². The lowest BCUT2D eigenvalue weighted by atomic mass is 9.96. The fraction of sp³-hybridized carbons (Fsp3) is 0.321. The van der Waals surface area contributed by atoms with Crippen molar-refractivity contribution in [2.45, 2.75) is 37.6 Å². The average molecular weight is 555 g/mol. The Balaban J connectivity index is 1.38. The summed E-state index contributed by atoms with van der Waals surface area (Å²) in [5.74, 6) is -0.877. The molecule has 3 aromatic rings. The van der Waals surface area contributed by atoms with Gasteiger partial charge in [0.05, 0.1) is 5.02 Å². The lowest BCUT2D eigenvalue weighted by Gasteiger charge is -2.34. The van der Waals surface area contributed by atoms with E-state index in [1.165, 1.54) is 6.20 Å². The molecular formula is C28H29ClFN4O3P. The molecule has 2 N–H and O–H groups in total. The monoisotopic (exact) mass is 554 g/mol. The first kappa shape index (κ1) is 26.4. The van der Waals surface area contributed by atoms with E-state index in [4.69, 9.17) is 11.6 Å². The fourth-order valence-electron chi connectivity index (χ4n) is 4.93. The van der Waals surface area contributed by atoms with Crippen LogP contribution in [0.1, 0.15) is 37.2 Å². The fourth-order valence-corrected chi connectivity index (χ4v) is 6.31. The lowest BCUT2D eigenvalue weighted by Crippen LogP contribution is -2.53. The SMILES string of the molecule is CP(C)(=O)c1ccccc1-c1ccc(N2CCC[C@@H](NC(=O)Nc3ncc(Cl)cc3F)C2=O)c(C2CC2)c1. The van der Waals surface area contributed by atoms with E-state index in [9.17, 15) is 18.5 Å². The number of hydrogen-bond acceptors (Lipinski definition) is 4. The highest BCUT2D eigenvalue weighted by atomic mass is 35.5. The van der Waals surface area contributed by atoms with Crippen LogP contribution < -0.4 is 20.8 Å². The van der Waals surface area contributed by atoms with Gasteiger partial charge in [0.2, 0.25) is 5.91 Å². The van der Waals surface area contributed by atoms with E-state index in [0.29, 0.717) is 25.3 Å². The first-order valence-electron chi connectivity index (χ1n) is 12.6. The van der Waals surface area contributed by atoms with Crippen molar-refractivity contribution in [1.29, 1.82) is 0 Å². The van der Waals surface area contributed by atoms with Gasteiger partial charge in [0.1, 0.15) is 13.2 Å². The van der Waals surface area contributed by atoms with Crippen LogP contribution in [0.4, 0.5) is 20.7 Å². The third-order valence-electron chi connectivity index (χ3n) is 6.91. The minimum Gasteiger partial charge on any atom is -0.326 e. The molecule has 0 bridgehead atoms. The third kappa shape index (κ3) is 5.62. The van der Waals surface area contributed by atoms with Gasteiger partial charge in [0.15, 0.2) is 11.6 Å². The largest absolute Gasteiger partial charge is 0.326 e. The van der Waals surface area contributed by atoms with Crippen LogP contribution in [0, 0.1) is 5.82 Å². The number of aromatic nitrogens is 1. The predicted molar refractivity (Wildman–Crippen MR) is 150 cm³/mol. The number of benzene rings is 2. The van der Waals surface area contributed by atoms with Crippen molar-refractivity contribution in [2.75, 3.05) is 30.1 Å². The second kappa shape index (κ2) is 10.5. The van der Waals surface area contributed by atoms with Crippen molar-refractivity contribution in [3.8, 4) is 11.1 Å². The summed E-state index contributed by atoms with van der Waals surface area (Å²) in [6.07, 6.45) is 4.50. The quantitative estimate of drug-likeness (QED) is 0.367. The van der Waals surface area contributed by atoms with Gasteiger partial charge in [-0.25, -0.2) is 14.2 Å². The molecule has 0 radical (unpaired) electrons. The van der Waals surface area contributed by atoms with E-state index < -0.39 is 25.0 Å². The molecular weight excluding hydrogens is 526 g/mol. The summed E-state index contributed by atoms with van der Waals surface area (Å²) in [4.78, 5) is 31.6. The van der Waals surface area contributed by atoms with Crippen LogP contribution >= 0.6 is 18.7 Å². The molecule has 5 rings (SSSR count). The normalized spacial score (nSPS) is 17.8. The number of carbonyl (C=O) groups excluding carboxylic acids is 2. The van der Waals surface area contributed by atoms with Gasteiger partial charge in [0, 0.05) is 23.7 Å². The summed E-state index contributed by atoms with van der Waals surface area (Å²) < 4.78 is 27.0. The molecule has 1 aliphatic heterocycles. The number of amides is 3. The van der Waals surface area contributed by atoms with Crippen LogP contribution in [-0.4, -0.2) is 42.8 Å². The minimum absolute atomic E-state index is 0.117.